The Labute approximate surface area is 125 Å². The van der Waals surface area contributed by atoms with Gasteiger partial charge < -0.3 is 20.6 Å². The molecule has 0 radical (unpaired) electrons. The number of oxime groups is 1. The van der Waals surface area contributed by atoms with Crippen molar-refractivity contribution in [1.29, 1.82) is 0 Å². The summed E-state index contributed by atoms with van der Waals surface area (Å²) in [5.41, 5.74) is 8.37. The third-order valence-electron chi connectivity index (χ3n) is 3.33. The normalized spacial score (nSPS) is 11.7. The summed E-state index contributed by atoms with van der Waals surface area (Å²) in [6.07, 6.45) is 1.50. The molecule has 0 spiro atoms. The van der Waals surface area contributed by atoms with Crippen LogP contribution in [-0.4, -0.2) is 48.0 Å². The van der Waals surface area contributed by atoms with Crippen molar-refractivity contribution < 1.29 is 9.94 Å². The fourth-order valence-corrected chi connectivity index (χ4v) is 2.20. The molecule has 0 saturated carbocycles. The Morgan fingerprint density at radius 3 is 2.52 bits per heavy atom. The van der Waals surface area contributed by atoms with Crippen LogP contribution in [0.4, 0.5) is 5.82 Å². The van der Waals surface area contributed by atoms with Gasteiger partial charge in [0.15, 0.2) is 11.7 Å². The highest BCUT2D eigenvalue weighted by Crippen LogP contribution is 2.23. The number of nitrogens with zero attached hydrogens (tertiary/aromatic N) is 4. The van der Waals surface area contributed by atoms with Crippen LogP contribution in [0.2, 0.25) is 0 Å². The summed E-state index contributed by atoms with van der Waals surface area (Å²) in [5.74, 6) is 0.675. The van der Waals surface area contributed by atoms with E-state index in [1.54, 1.807) is 0 Å². The van der Waals surface area contributed by atoms with Gasteiger partial charge in [0.05, 0.1) is 17.9 Å². The van der Waals surface area contributed by atoms with Gasteiger partial charge in [0.25, 0.3) is 0 Å². The minimum atomic E-state index is 0.0645. The molecule has 0 aromatic carbocycles. The van der Waals surface area contributed by atoms with Crippen LogP contribution >= 0.6 is 0 Å². The Hall–Kier alpha value is -1.89. The summed E-state index contributed by atoms with van der Waals surface area (Å²) in [6, 6.07) is 0. The number of hydrogen-bond acceptors (Lipinski definition) is 6. The standard InChI is InChI=1S/C14H25N5O2/c1-5-10-11(6-2)16-17-14(12(10)13(15)18-20)19(4)8-9-21-7-3/h20H,5-9H2,1-4H3,(H2,15,18). The number of hydrogen-bond donors (Lipinski definition) is 2. The first-order valence-corrected chi connectivity index (χ1v) is 7.25. The predicted molar refractivity (Wildman–Crippen MR) is 83.1 cm³/mol. The number of ether oxygens (including phenoxy) is 1. The minimum Gasteiger partial charge on any atom is -0.409 e. The smallest absolute Gasteiger partial charge is 0.174 e. The van der Waals surface area contributed by atoms with Crippen LogP contribution in [0.15, 0.2) is 5.16 Å². The molecule has 7 nitrogen and oxygen atoms in total. The van der Waals surface area contributed by atoms with E-state index in [2.05, 4.69) is 15.4 Å². The zero-order chi connectivity index (χ0) is 15.8. The Balaban J connectivity index is 3.24. The molecule has 0 aliphatic heterocycles. The molecule has 0 fully saturated rings. The summed E-state index contributed by atoms with van der Waals surface area (Å²) < 4.78 is 5.35. The number of anilines is 1. The topological polar surface area (TPSA) is 96.9 Å². The molecule has 0 bridgehead atoms. The Bertz CT molecular complexity index is 490. The lowest BCUT2D eigenvalue weighted by atomic mass is 10.0. The molecule has 1 heterocycles. The lowest BCUT2D eigenvalue weighted by Gasteiger charge is -2.22. The van der Waals surface area contributed by atoms with Crippen LogP contribution in [0.25, 0.3) is 0 Å². The monoisotopic (exact) mass is 295 g/mol. The number of aromatic nitrogens is 2. The van der Waals surface area contributed by atoms with E-state index in [4.69, 9.17) is 15.7 Å². The highest BCUT2D eigenvalue weighted by Gasteiger charge is 2.20. The van der Waals surface area contributed by atoms with Gasteiger partial charge in [-0.05, 0) is 25.3 Å². The van der Waals surface area contributed by atoms with Gasteiger partial charge in [-0.2, -0.15) is 5.10 Å². The van der Waals surface area contributed by atoms with Crippen LogP contribution in [0.3, 0.4) is 0 Å². The molecule has 118 valence electrons. The number of amidine groups is 1. The van der Waals surface area contributed by atoms with Gasteiger partial charge in [0.2, 0.25) is 0 Å². The average Bonchev–Trinajstić information content (AvgIpc) is 2.52. The second kappa shape index (κ2) is 8.41. The molecule has 7 heteroatoms. The number of aryl methyl sites for hydroxylation is 1. The van der Waals surface area contributed by atoms with E-state index in [1.165, 1.54) is 0 Å². The summed E-state index contributed by atoms with van der Waals surface area (Å²) in [5, 5.41) is 20.7. The summed E-state index contributed by atoms with van der Waals surface area (Å²) >= 11 is 0. The Morgan fingerprint density at radius 2 is 2.00 bits per heavy atom. The number of rotatable bonds is 8. The van der Waals surface area contributed by atoms with Crippen LogP contribution in [-0.2, 0) is 17.6 Å². The molecule has 0 saturated heterocycles. The molecular formula is C14H25N5O2. The zero-order valence-electron chi connectivity index (χ0n) is 13.3. The second-order valence-corrected chi connectivity index (χ2v) is 4.63. The Kier molecular flexibility index (Phi) is 6.87. The number of nitrogens with two attached hydrogens (primary N) is 1. The van der Waals surface area contributed by atoms with Crippen molar-refractivity contribution >= 4 is 11.7 Å². The molecule has 0 aliphatic rings. The Morgan fingerprint density at radius 1 is 1.29 bits per heavy atom. The van der Waals surface area contributed by atoms with E-state index in [0.717, 1.165) is 24.1 Å². The molecule has 0 atom stereocenters. The largest absolute Gasteiger partial charge is 0.409 e. The number of likely N-dealkylation sites (N-methyl/N-ethyl adjacent to an activating group) is 1. The van der Waals surface area contributed by atoms with Crippen LogP contribution in [0.5, 0.6) is 0 Å². The third-order valence-corrected chi connectivity index (χ3v) is 3.33. The lowest BCUT2D eigenvalue weighted by molar-refractivity contribution is 0.154. The summed E-state index contributed by atoms with van der Waals surface area (Å²) in [7, 11) is 1.89. The average molecular weight is 295 g/mol. The van der Waals surface area contributed by atoms with Gasteiger partial charge in [-0.15, -0.1) is 5.10 Å². The highest BCUT2D eigenvalue weighted by molar-refractivity contribution is 6.02. The fourth-order valence-electron chi connectivity index (χ4n) is 2.20. The quantitative estimate of drug-likeness (QED) is 0.246. The molecule has 1 rings (SSSR count). The maximum absolute atomic E-state index is 9.06. The molecule has 1 aromatic heterocycles. The van der Waals surface area contributed by atoms with Crippen LogP contribution < -0.4 is 10.6 Å². The molecular weight excluding hydrogens is 270 g/mol. The van der Waals surface area contributed by atoms with Crippen molar-refractivity contribution in [2.75, 3.05) is 31.7 Å². The first-order chi connectivity index (χ1) is 10.1. The van der Waals surface area contributed by atoms with Gasteiger partial charge in [-0.1, -0.05) is 19.0 Å². The van der Waals surface area contributed by atoms with Crippen molar-refractivity contribution in [3.63, 3.8) is 0 Å². The van der Waals surface area contributed by atoms with Crippen molar-refractivity contribution in [1.82, 2.24) is 10.2 Å². The van der Waals surface area contributed by atoms with Crippen molar-refractivity contribution in [3.8, 4) is 0 Å². The molecule has 21 heavy (non-hydrogen) atoms. The molecule has 1 aromatic rings. The maximum Gasteiger partial charge on any atom is 0.174 e. The van der Waals surface area contributed by atoms with Crippen molar-refractivity contribution in [3.05, 3.63) is 16.8 Å². The predicted octanol–water partition coefficient (Wildman–Crippen LogP) is 1.17. The first kappa shape index (κ1) is 17.2. The van der Waals surface area contributed by atoms with Crippen LogP contribution in [0.1, 0.15) is 37.6 Å². The fraction of sp³-hybridized carbons (Fsp3) is 0.643. The van der Waals surface area contributed by atoms with E-state index in [-0.39, 0.29) is 5.84 Å². The molecule has 3 N–H and O–H groups in total. The SMILES string of the molecule is CCOCCN(C)c1nnc(CC)c(CC)c1C(N)=NO. The van der Waals surface area contributed by atoms with E-state index in [9.17, 15) is 0 Å². The third kappa shape index (κ3) is 4.04. The molecule has 0 amide bonds. The van der Waals surface area contributed by atoms with Crippen molar-refractivity contribution in [2.45, 2.75) is 33.6 Å². The van der Waals surface area contributed by atoms with Crippen LogP contribution in [0, 0.1) is 0 Å². The molecule has 0 aliphatic carbocycles. The summed E-state index contributed by atoms with van der Waals surface area (Å²) in [4.78, 5) is 1.91. The highest BCUT2D eigenvalue weighted by atomic mass is 16.5. The van der Waals surface area contributed by atoms with E-state index >= 15 is 0 Å². The van der Waals surface area contributed by atoms with E-state index in [0.29, 0.717) is 31.1 Å². The van der Waals surface area contributed by atoms with Crippen molar-refractivity contribution in [2.24, 2.45) is 10.9 Å². The van der Waals surface area contributed by atoms with Gasteiger partial charge in [-0.25, -0.2) is 0 Å². The first-order valence-electron chi connectivity index (χ1n) is 7.25. The molecule has 0 unspecified atom stereocenters. The van der Waals surface area contributed by atoms with Gasteiger partial charge in [-0.3, -0.25) is 0 Å². The maximum atomic E-state index is 9.06. The minimum absolute atomic E-state index is 0.0645. The summed E-state index contributed by atoms with van der Waals surface area (Å²) in [6.45, 7) is 7.89. The zero-order valence-corrected chi connectivity index (χ0v) is 13.3. The second-order valence-electron chi connectivity index (χ2n) is 4.63. The van der Waals surface area contributed by atoms with E-state index in [1.807, 2.05) is 32.7 Å². The lowest BCUT2D eigenvalue weighted by Crippen LogP contribution is -2.29. The van der Waals surface area contributed by atoms with Gasteiger partial charge in [0, 0.05) is 20.2 Å². The van der Waals surface area contributed by atoms with Gasteiger partial charge in [0.1, 0.15) is 0 Å². The van der Waals surface area contributed by atoms with E-state index < -0.39 is 0 Å². The van der Waals surface area contributed by atoms with Gasteiger partial charge >= 0.3 is 0 Å².